The summed E-state index contributed by atoms with van der Waals surface area (Å²) in [5.74, 6) is -1.38. The molecule has 41 heavy (non-hydrogen) atoms. The van der Waals surface area contributed by atoms with E-state index in [-0.39, 0.29) is 23.3 Å². The third kappa shape index (κ3) is 6.93. The molecule has 3 aromatic rings. The highest BCUT2D eigenvalue weighted by Crippen LogP contribution is 2.29. The van der Waals surface area contributed by atoms with Gasteiger partial charge in [0.1, 0.15) is 5.82 Å². The Balaban J connectivity index is 1.57. The number of hydrogen-bond donors (Lipinski definition) is 1. The Labute approximate surface area is 241 Å². The van der Waals surface area contributed by atoms with E-state index in [1.807, 2.05) is 62.1 Å². The van der Waals surface area contributed by atoms with Gasteiger partial charge >= 0.3 is 0 Å². The fourth-order valence-electron chi connectivity index (χ4n) is 5.42. The Kier molecular flexibility index (Phi) is 10.1. The van der Waals surface area contributed by atoms with E-state index in [1.54, 1.807) is 23.1 Å². The number of carbonyl (C=O) groups is 3. The van der Waals surface area contributed by atoms with Gasteiger partial charge < -0.3 is 20.0 Å². The van der Waals surface area contributed by atoms with E-state index >= 15 is 0 Å². The van der Waals surface area contributed by atoms with Crippen LogP contribution < -0.4 is 10.2 Å². The van der Waals surface area contributed by atoms with Gasteiger partial charge in [-0.1, -0.05) is 49.4 Å². The molecule has 0 aromatic heterocycles. The molecular formula is C33H39FN4O3. The summed E-state index contributed by atoms with van der Waals surface area (Å²) in [6.07, 6.45) is 1.49. The highest BCUT2D eigenvalue weighted by Gasteiger charge is 2.28. The second-order valence-corrected chi connectivity index (χ2v) is 10.2. The van der Waals surface area contributed by atoms with Gasteiger partial charge in [-0.05, 0) is 62.6 Å². The number of carbonyl (C=O) groups excluding carboxylic acids is 3. The van der Waals surface area contributed by atoms with Crippen LogP contribution in [0.4, 0.5) is 15.8 Å². The highest BCUT2D eigenvalue weighted by atomic mass is 19.1. The van der Waals surface area contributed by atoms with Crippen molar-refractivity contribution in [1.29, 1.82) is 0 Å². The molecule has 3 amide bonds. The van der Waals surface area contributed by atoms with Gasteiger partial charge in [0.05, 0.1) is 17.0 Å². The van der Waals surface area contributed by atoms with Crippen molar-refractivity contribution in [3.63, 3.8) is 0 Å². The predicted molar refractivity (Wildman–Crippen MR) is 161 cm³/mol. The molecule has 8 heteroatoms. The summed E-state index contributed by atoms with van der Waals surface area (Å²) in [5, 5.41) is 2.75. The molecule has 216 valence electrons. The fraction of sp³-hybridized carbons (Fsp3) is 0.364. The number of halogens is 1. The summed E-state index contributed by atoms with van der Waals surface area (Å²) >= 11 is 0. The SMILES string of the molecule is CC[C@H](C(=O)N1CCCN(c2ccc(NC(=O)c3ccccc3F)cc2C(=O)N(CC)CC)CC1)c1ccccc1. The zero-order valence-corrected chi connectivity index (χ0v) is 24.1. The normalized spacial score (nSPS) is 14.2. The smallest absolute Gasteiger partial charge is 0.258 e. The second-order valence-electron chi connectivity index (χ2n) is 10.2. The van der Waals surface area contributed by atoms with Crippen LogP contribution in [-0.2, 0) is 4.79 Å². The first kappa shape index (κ1) is 29.8. The Morgan fingerprint density at radius 2 is 1.56 bits per heavy atom. The molecule has 1 atom stereocenters. The first-order valence-electron chi connectivity index (χ1n) is 14.5. The van der Waals surface area contributed by atoms with Gasteiger partial charge in [0.2, 0.25) is 5.91 Å². The predicted octanol–water partition coefficient (Wildman–Crippen LogP) is 5.79. The van der Waals surface area contributed by atoms with Crippen LogP contribution in [0.2, 0.25) is 0 Å². The molecule has 1 saturated heterocycles. The third-order valence-electron chi connectivity index (χ3n) is 7.71. The molecule has 1 aliphatic heterocycles. The van der Waals surface area contributed by atoms with Crippen LogP contribution in [0, 0.1) is 5.82 Å². The average molecular weight is 559 g/mol. The van der Waals surface area contributed by atoms with Gasteiger partial charge in [-0.3, -0.25) is 14.4 Å². The van der Waals surface area contributed by atoms with E-state index in [0.29, 0.717) is 50.5 Å². The summed E-state index contributed by atoms with van der Waals surface area (Å²) < 4.78 is 14.2. The van der Waals surface area contributed by atoms with Gasteiger partial charge in [-0.25, -0.2) is 4.39 Å². The number of rotatable bonds is 9. The molecule has 4 rings (SSSR count). The van der Waals surface area contributed by atoms with Crippen molar-refractivity contribution < 1.29 is 18.8 Å². The van der Waals surface area contributed by atoms with E-state index in [1.165, 1.54) is 18.2 Å². The summed E-state index contributed by atoms with van der Waals surface area (Å²) in [7, 11) is 0. The van der Waals surface area contributed by atoms with Crippen molar-refractivity contribution in [3.8, 4) is 0 Å². The first-order valence-corrected chi connectivity index (χ1v) is 14.5. The lowest BCUT2D eigenvalue weighted by molar-refractivity contribution is -0.132. The van der Waals surface area contributed by atoms with Crippen LogP contribution in [-0.4, -0.2) is 66.8 Å². The summed E-state index contributed by atoms with van der Waals surface area (Å²) in [5.41, 5.74) is 2.61. The average Bonchev–Trinajstić information content (AvgIpc) is 3.25. The molecule has 7 nitrogen and oxygen atoms in total. The van der Waals surface area contributed by atoms with Crippen LogP contribution in [0.1, 0.15) is 65.8 Å². The number of nitrogens with one attached hydrogen (secondary N) is 1. The van der Waals surface area contributed by atoms with Crippen molar-refractivity contribution in [1.82, 2.24) is 9.80 Å². The van der Waals surface area contributed by atoms with E-state index in [4.69, 9.17) is 0 Å². The lowest BCUT2D eigenvalue weighted by atomic mass is 9.95. The number of anilines is 2. The van der Waals surface area contributed by atoms with E-state index in [2.05, 4.69) is 10.2 Å². The Bertz CT molecular complexity index is 1360. The molecule has 0 unspecified atom stereocenters. The van der Waals surface area contributed by atoms with E-state index < -0.39 is 11.7 Å². The maximum absolute atomic E-state index is 14.2. The van der Waals surface area contributed by atoms with Crippen LogP contribution in [0.25, 0.3) is 0 Å². The number of amides is 3. The number of hydrogen-bond acceptors (Lipinski definition) is 4. The molecule has 1 aliphatic rings. The number of nitrogens with zero attached hydrogens (tertiary/aromatic N) is 3. The fourth-order valence-corrected chi connectivity index (χ4v) is 5.42. The first-order chi connectivity index (χ1) is 19.9. The molecule has 0 saturated carbocycles. The lowest BCUT2D eigenvalue weighted by Crippen LogP contribution is -2.38. The molecule has 0 spiro atoms. The third-order valence-corrected chi connectivity index (χ3v) is 7.71. The van der Waals surface area contributed by atoms with Crippen molar-refractivity contribution in [2.24, 2.45) is 0 Å². The minimum Gasteiger partial charge on any atom is -0.369 e. The quantitative estimate of drug-likeness (QED) is 0.361. The Hall–Kier alpha value is -4.20. The Morgan fingerprint density at radius 1 is 0.854 bits per heavy atom. The molecular weight excluding hydrogens is 519 g/mol. The summed E-state index contributed by atoms with van der Waals surface area (Å²) in [4.78, 5) is 45.8. The molecule has 0 radical (unpaired) electrons. The van der Waals surface area contributed by atoms with Crippen LogP contribution in [0.15, 0.2) is 72.8 Å². The molecule has 1 fully saturated rings. The van der Waals surface area contributed by atoms with Crippen molar-refractivity contribution >= 4 is 29.1 Å². The molecule has 1 heterocycles. The number of benzene rings is 3. The van der Waals surface area contributed by atoms with Gasteiger partial charge in [0.15, 0.2) is 0 Å². The standard InChI is InChI=1S/C33H39FN4O3/c1-4-26(24-13-8-7-9-14-24)32(40)38-20-12-19-37(21-22-38)30-18-17-25(23-28(30)33(41)36(5-2)6-3)35-31(39)27-15-10-11-16-29(27)34/h7-11,13-18,23,26H,4-6,12,19-22H2,1-3H3,(H,35,39)/t26-/m0/s1. The van der Waals surface area contributed by atoms with Crippen molar-refractivity contribution in [2.45, 2.75) is 39.5 Å². The van der Waals surface area contributed by atoms with E-state index in [0.717, 1.165) is 24.1 Å². The summed E-state index contributed by atoms with van der Waals surface area (Å²) in [6, 6.07) is 20.9. The topological polar surface area (TPSA) is 73.0 Å². The Morgan fingerprint density at radius 3 is 2.24 bits per heavy atom. The second kappa shape index (κ2) is 13.9. The van der Waals surface area contributed by atoms with Crippen LogP contribution in [0.3, 0.4) is 0 Å². The highest BCUT2D eigenvalue weighted by molar-refractivity contribution is 6.06. The maximum Gasteiger partial charge on any atom is 0.258 e. The monoisotopic (exact) mass is 558 g/mol. The van der Waals surface area contributed by atoms with Crippen molar-refractivity contribution in [3.05, 3.63) is 95.3 Å². The lowest BCUT2D eigenvalue weighted by Gasteiger charge is -2.29. The zero-order valence-electron chi connectivity index (χ0n) is 24.1. The molecule has 0 bridgehead atoms. The van der Waals surface area contributed by atoms with Gasteiger partial charge in [-0.15, -0.1) is 0 Å². The summed E-state index contributed by atoms with van der Waals surface area (Å²) in [6.45, 7) is 9.44. The van der Waals surface area contributed by atoms with Gasteiger partial charge in [0.25, 0.3) is 11.8 Å². The van der Waals surface area contributed by atoms with Crippen LogP contribution in [0.5, 0.6) is 0 Å². The van der Waals surface area contributed by atoms with Crippen molar-refractivity contribution in [2.75, 3.05) is 49.5 Å². The minimum atomic E-state index is -0.609. The zero-order chi connectivity index (χ0) is 29.4. The molecule has 1 N–H and O–H groups in total. The van der Waals surface area contributed by atoms with E-state index in [9.17, 15) is 18.8 Å². The largest absolute Gasteiger partial charge is 0.369 e. The maximum atomic E-state index is 14.2. The minimum absolute atomic E-state index is 0.0636. The van der Waals surface area contributed by atoms with Crippen LogP contribution >= 0.6 is 0 Å². The molecule has 3 aromatic carbocycles. The van der Waals surface area contributed by atoms with Gasteiger partial charge in [0, 0.05) is 50.6 Å². The van der Waals surface area contributed by atoms with Gasteiger partial charge in [-0.2, -0.15) is 0 Å². The molecule has 0 aliphatic carbocycles.